The second kappa shape index (κ2) is 4.66. The Labute approximate surface area is 111 Å². The van der Waals surface area contributed by atoms with E-state index in [-0.39, 0.29) is 24.3 Å². The van der Waals surface area contributed by atoms with Crippen LogP contribution in [-0.2, 0) is 22.6 Å². The number of amides is 2. The van der Waals surface area contributed by atoms with Crippen molar-refractivity contribution in [2.45, 2.75) is 25.4 Å². The van der Waals surface area contributed by atoms with Crippen LogP contribution < -0.4 is 10.1 Å². The van der Waals surface area contributed by atoms with Crippen molar-refractivity contribution in [1.82, 2.24) is 10.2 Å². The van der Waals surface area contributed by atoms with Crippen LogP contribution in [0.3, 0.4) is 0 Å². The summed E-state index contributed by atoms with van der Waals surface area (Å²) in [6.07, 6.45) is 1.19. The smallest absolute Gasteiger partial charge is 0.246 e. The van der Waals surface area contributed by atoms with Gasteiger partial charge in [-0.3, -0.25) is 14.5 Å². The maximum Gasteiger partial charge on any atom is 0.246 e. The molecule has 1 aromatic rings. The molecular formula is C14H16N2O3. The molecule has 5 nitrogen and oxygen atoms in total. The van der Waals surface area contributed by atoms with Crippen LogP contribution in [0.1, 0.15) is 17.5 Å². The molecule has 3 rings (SSSR count). The van der Waals surface area contributed by atoms with Crippen LogP contribution >= 0.6 is 0 Å². The second-order valence-electron chi connectivity index (χ2n) is 4.97. The fourth-order valence-corrected chi connectivity index (χ4v) is 2.51. The molecule has 2 amide bonds. The molecule has 1 unspecified atom stereocenters. The van der Waals surface area contributed by atoms with Gasteiger partial charge in [0.1, 0.15) is 5.75 Å². The van der Waals surface area contributed by atoms with Gasteiger partial charge in [-0.25, -0.2) is 0 Å². The van der Waals surface area contributed by atoms with E-state index in [0.29, 0.717) is 6.54 Å². The van der Waals surface area contributed by atoms with Crippen molar-refractivity contribution in [3.05, 3.63) is 29.3 Å². The van der Waals surface area contributed by atoms with E-state index in [1.54, 1.807) is 0 Å². The predicted octanol–water partition coefficient (Wildman–Crippen LogP) is 0.468. The number of carbonyl (C=O) groups excluding carboxylic acids is 2. The van der Waals surface area contributed by atoms with Crippen LogP contribution in [0.2, 0.25) is 0 Å². The van der Waals surface area contributed by atoms with Gasteiger partial charge in [-0.1, -0.05) is 12.1 Å². The molecule has 1 aromatic carbocycles. The maximum absolute atomic E-state index is 11.7. The summed E-state index contributed by atoms with van der Waals surface area (Å²) in [6, 6.07) is 5.66. The van der Waals surface area contributed by atoms with Crippen molar-refractivity contribution < 1.29 is 14.3 Å². The van der Waals surface area contributed by atoms with Gasteiger partial charge in [0, 0.05) is 20.0 Å². The average Bonchev–Trinajstić information content (AvgIpc) is 2.96. The van der Waals surface area contributed by atoms with Gasteiger partial charge in [0.15, 0.2) is 0 Å². The number of benzene rings is 1. The largest absolute Gasteiger partial charge is 0.493 e. The number of rotatable bonds is 3. The minimum absolute atomic E-state index is 0.121. The zero-order chi connectivity index (χ0) is 13.4. The van der Waals surface area contributed by atoms with Crippen LogP contribution in [0.15, 0.2) is 18.2 Å². The zero-order valence-electron chi connectivity index (χ0n) is 10.8. The molecule has 0 radical (unpaired) electrons. The first kappa shape index (κ1) is 12.2. The molecule has 2 aliphatic heterocycles. The van der Waals surface area contributed by atoms with Crippen LogP contribution in [-0.4, -0.2) is 36.4 Å². The Hall–Kier alpha value is -1.88. The first-order valence-electron chi connectivity index (χ1n) is 6.43. The summed E-state index contributed by atoms with van der Waals surface area (Å²) in [5.41, 5.74) is 2.32. The van der Waals surface area contributed by atoms with Crippen LogP contribution in [0, 0.1) is 0 Å². The summed E-state index contributed by atoms with van der Waals surface area (Å²) >= 11 is 0. The molecule has 100 valence electrons. The highest BCUT2D eigenvalue weighted by molar-refractivity contribution is 6.05. The lowest BCUT2D eigenvalue weighted by atomic mass is 10.1. The van der Waals surface area contributed by atoms with Crippen molar-refractivity contribution in [1.29, 1.82) is 0 Å². The first-order chi connectivity index (χ1) is 9.15. The molecule has 0 aliphatic carbocycles. The number of imide groups is 1. The molecule has 19 heavy (non-hydrogen) atoms. The third-order valence-electron chi connectivity index (χ3n) is 3.69. The summed E-state index contributed by atoms with van der Waals surface area (Å²) in [7, 11) is 1.53. The summed E-state index contributed by atoms with van der Waals surface area (Å²) in [4.78, 5) is 24.3. The van der Waals surface area contributed by atoms with E-state index < -0.39 is 0 Å². The van der Waals surface area contributed by atoms with Gasteiger partial charge in [-0.2, -0.15) is 0 Å². The third-order valence-corrected chi connectivity index (χ3v) is 3.69. The number of hydrogen-bond acceptors (Lipinski definition) is 4. The molecular weight excluding hydrogens is 244 g/mol. The number of nitrogens with one attached hydrogen (secondary N) is 1. The molecule has 5 heteroatoms. The van der Waals surface area contributed by atoms with E-state index in [9.17, 15) is 9.59 Å². The summed E-state index contributed by atoms with van der Waals surface area (Å²) < 4.78 is 5.45. The van der Waals surface area contributed by atoms with Gasteiger partial charge in [0.2, 0.25) is 11.8 Å². The molecule has 0 bridgehead atoms. The second-order valence-corrected chi connectivity index (χ2v) is 4.97. The highest BCUT2D eigenvalue weighted by Gasteiger charge is 2.35. The SMILES string of the molecule is CN1C(=O)CC(NCc2ccc3c(c2)CCO3)C1=O. The van der Waals surface area contributed by atoms with Crippen molar-refractivity contribution in [3.63, 3.8) is 0 Å². The lowest BCUT2D eigenvalue weighted by Gasteiger charge is -2.11. The Balaban J connectivity index is 1.64. The first-order valence-corrected chi connectivity index (χ1v) is 6.43. The number of ether oxygens (including phenoxy) is 1. The van der Waals surface area contributed by atoms with Gasteiger partial charge in [0.25, 0.3) is 0 Å². The number of likely N-dealkylation sites (tertiary alicyclic amines) is 1. The number of carbonyl (C=O) groups is 2. The Morgan fingerprint density at radius 3 is 3.00 bits per heavy atom. The van der Waals surface area contributed by atoms with Crippen molar-refractivity contribution in [2.75, 3.05) is 13.7 Å². The minimum Gasteiger partial charge on any atom is -0.493 e. The Bertz CT molecular complexity index is 541. The Morgan fingerprint density at radius 1 is 1.42 bits per heavy atom. The molecule has 1 fully saturated rings. The molecule has 0 saturated carbocycles. The fraction of sp³-hybridized carbons (Fsp3) is 0.429. The number of hydrogen-bond donors (Lipinski definition) is 1. The maximum atomic E-state index is 11.7. The lowest BCUT2D eigenvalue weighted by molar-refractivity contribution is -0.137. The van der Waals surface area contributed by atoms with Crippen molar-refractivity contribution in [2.24, 2.45) is 0 Å². The molecule has 1 N–H and O–H groups in total. The molecule has 1 saturated heterocycles. The Kier molecular flexibility index (Phi) is 2.98. The predicted molar refractivity (Wildman–Crippen MR) is 68.7 cm³/mol. The van der Waals surface area contributed by atoms with Gasteiger partial charge >= 0.3 is 0 Å². The zero-order valence-corrected chi connectivity index (χ0v) is 10.8. The van der Waals surface area contributed by atoms with E-state index in [0.717, 1.165) is 24.3 Å². The van der Waals surface area contributed by atoms with Gasteiger partial charge in [-0.15, -0.1) is 0 Å². The fourth-order valence-electron chi connectivity index (χ4n) is 2.51. The Morgan fingerprint density at radius 2 is 2.26 bits per heavy atom. The number of likely N-dealkylation sites (N-methyl/N-ethyl adjacent to an activating group) is 1. The summed E-state index contributed by atoms with van der Waals surface area (Å²) in [6.45, 7) is 1.33. The van der Waals surface area contributed by atoms with E-state index in [1.165, 1.54) is 17.5 Å². The van der Waals surface area contributed by atoms with Crippen LogP contribution in [0.25, 0.3) is 0 Å². The number of nitrogens with zero attached hydrogens (tertiary/aromatic N) is 1. The summed E-state index contributed by atoms with van der Waals surface area (Å²) in [5, 5.41) is 3.15. The highest BCUT2D eigenvalue weighted by atomic mass is 16.5. The topological polar surface area (TPSA) is 58.6 Å². The van der Waals surface area contributed by atoms with Gasteiger partial charge in [-0.05, 0) is 17.2 Å². The van der Waals surface area contributed by atoms with Gasteiger partial charge < -0.3 is 10.1 Å². The van der Waals surface area contributed by atoms with Gasteiger partial charge in [0.05, 0.1) is 19.1 Å². The molecule has 0 spiro atoms. The monoisotopic (exact) mass is 260 g/mol. The molecule has 0 aromatic heterocycles. The van der Waals surface area contributed by atoms with E-state index in [4.69, 9.17) is 4.74 Å². The lowest BCUT2D eigenvalue weighted by Crippen LogP contribution is -2.36. The third kappa shape index (κ3) is 2.21. The standard InChI is InChI=1S/C14H16N2O3/c1-16-13(17)7-11(14(16)18)15-8-9-2-3-12-10(6-9)4-5-19-12/h2-3,6,11,15H,4-5,7-8H2,1H3. The normalized spacial score (nSPS) is 21.7. The van der Waals surface area contributed by atoms with Crippen LogP contribution in [0.5, 0.6) is 5.75 Å². The van der Waals surface area contributed by atoms with Crippen LogP contribution in [0.4, 0.5) is 0 Å². The summed E-state index contributed by atoms with van der Waals surface area (Å²) in [5.74, 6) is 0.690. The van der Waals surface area contributed by atoms with Crippen molar-refractivity contribution in [3.8, 4) is 5.75 Å². The van der Waals surface area contributed by atoms with E-state index in [1.807, 2.05) is 12.1 Å². The minimum atomic E-state index is -0.387. The highest BCUT2D eigenvalue weighted by Crippen LogP contribution is 2.25. The van der Waals surface area contributed by atoms with Crippen molar-refractivity contribution >= 4 is 11.8 Å². The number of fused-ring (bicyclic) bond motifs is 1. The molecule has 2 aliphatic rings. The molecule has 1 atom stereocenters. The van der Waals surface area contributed by atoms with E-state index in [2.05, 4.69) is 11.4 Å². The van der Waals surface area contributed by atoms with E-state index >= 15 is 0 Å². The average molecular weight is 260 g/mol. The molecule has 2 heterocycles. The quantitative estimate of drug-likeness (QED) is 0.803.